The topological polar surface area (TPSA) is 40.5 Å². The van der Waals surface area contributed by atoms with Crippen molar-refractivity contribution in [2.24, 2.45) is 17.3 Å². The maximum absolute atomic E-state index is 11.1. The average molecular weight is 367 g/mol. The molecule has 0 saturated heterocycles. The highest BCUT2D eigenvalue weighted by molar-refractivity contribution is 6.37. The van der Waals surface area contributed by atoms with E-state index in [4.69, 9.17) is 23.2 Å². The highest BCUT2D eigenvalue weighted by Gasteiger charge is 2.60. The Bertz CT molecular complexity index is 716. The molecule has 1 aromatic carbocycles. The fourth-order valence-electron chi connectivity index (χ4n) is 6.03. The summed E-state index contributed by atoms with van der Waals surface area (Å²) < 4.78 is 0. The zero-order chi connectivity index (χ0) is 17.3. The van der Waals surface area contributed by atoms with E-state index in [0.717, 1.165) is 44.1 Å². The zero-order valence-electron chi connectivity index (χ0n) is 14.0. The van der Waals surface area contributed by atoms with Crippen LogP contribution in [0.3, 0.4) is 0 Å². The van der Waals surface area contributed by atoms with Crippen molar-refractivity contribution in [2.75, 3.05) is 0 Å². The van der Waals surface area contributed by atoms with Gasteiger partial charge in [0.05, 0.1) is 15.6 Å². The molecule has 2 nitrogen and oxygen atoms in total. The van der Waals surface area contributed by atoms with E-state index in [-0.39, 0.29) is 11.2 Å². The van der Waals surface area contributed by atoms with Gasteiger partial charge in [0.15, 0.2) is 5.75 Å². The van der Waals surface area contributed by atoms with Crippen LogP contribution in [0.1, 0.15) is 56.1 Å². The summed E-state index contributed by atoms with van der Waals surface area (Å²) in [7, 11) is 0. The van der Waals surface area contributed by atoms with Crippen LogP contribution < -0.4 is 0 Å². The Labute approximate surface area is 153 Å². The average Bonchev–Trinajstić information content (AvgIpc) is 2.85. The van der Waals surface area contributed by atoms with E-state index in [2.05, 4.69) is 13.5 Å². The van der Waals surface area contributed by atoms with Crippen LogP contribution in [0.15, 0.2) is 18.7 Å². The molecule has 3 aliphatic rings. The molecule has 0 unspecified atom stereocenters. The molecule has 0 spiro atoms. The molecule has 0 aliphatic heterocycles. The Kier molecular flexibility index (Phi) is 3.77. The third kappa shape index (κ3) is 2.00. The molecular formula is C20H24Cl2O2. The van der Waals surface area contributed by atoms with Crippen molar-refractivity contribution in [1.29, 1.82) is 0 Å². The number of phenolic OH excluding ortho intramolecular Hbond substituents is 1. The Morgan fingerprint density at radius 2 is 2.00 bits per heavy atom. The Morgan fingerprint density at radius 1 is 1.25 bits per heavy atom. The fraction of sp³-hybridized carbons (Fsp3) is 0.600. The van der Waals surface area contributed by atoms with Crippen LogP contribution in [0.4, 0.5) is 0 Å². The molecule has 3 aliphatic carbocycles. The van der Waals surface area contributed by atoms with Crippen molar-refractivity contribution < 1.29 is 10.2 Å². The van der Waals surface area contributed by atoms with Gasteiger partial charge in [-0.05, 0) is 73.5 Å². The van der Waals surface area contributed by atoms with Gasteiger partial charge in [-0.15, -0.1) is 6.58 Å². The van der Waals surface area contributed by atoms with Crippen molar-refractivity contribution in [1.82, 2.24) is 0 Å². The molecule has 24 heavy (non-hydrogen) atoms. The van der Waals surface area contributed by atoms with Crippen LogP contribution in [-0.4, -0.2) is 15.8 Å². The third-order valence-corrected chi connectivity index (χ3v) is 8.14. The lowest BCUT2D eigenvalue weighted by Gasteiger charge is -2.52. The van der Waals surface area contributed by atoms with Crippen LogP contribution in [-0.2, 0) is 6.42 Å². The van der Waals surface area contributed by atoms with E-state index >= 15 is 0 Å². The molecule has 2 saturated carbocycles. The molecule has 5 atom stereocenters. The van der Waals surface area contributed by atoms with E-state index in [1.165, 1.54) is 5.56 Å². The summed E-state index contributed by atoms with van der Waals surface area (Å²) in [6.45, 7) is 6.16. The number of aliphatic hydroxyl groups is 1. The van der Waals surface area contributed by atoms with Gasteiger partial charge < -0.3 is 10.2 Å². The molecule has 1 aromatic rings. The van der Waals surface area contributed by atoms with Gasteiger partial charge in [0.2, 0.25) is 0 Å². The lowest BCUT2D eigenvalue weighted by atomic mass is 9.53. The molecule has 0 heterocycles. The first-order valence-electron chi connectivity index (χ1n) is 8.88. The van der Waals surface area contributed by atoms with Gasteiger partial charge in [-0.2, -0.15) is 0 Å². The predicted molar refractivity (Wildman–Crippen MR) is 97.9 cm³/mol. The molecule has 4 heteroatoms. The Balaban J connectivity index is 1.76. The lowest BCUT2D eigenvalue weighted by molar-refractivity contribution is -0.0707. The summed E-state index contributed by atoms with van der Waals surface area (Å²) in [5, 5.41) is 21.9. The second kappa shape index (κ2) is 5.40. The number of aromatic hydroxyl groups is 1. The molecule has 0 bridgehead atoms. The van der Waals surface area contributed by atoms with Gasteiger partial charge in [0.25, 0.3) is 0 Å². The van der Waals surface area contributed by atoms with Crippen molar-refractivity contribution in [3.8, 4) is 5.75 Å². The van der Waals surface area contributed by atoms with Gasteiger partial charge in [-0.3, -0.25) is 0 Å². The standard InChI is InChI=1S/C20H24Cl2O2/c1-3-20(24)9-7-15-12-4-5-13-14(10-16(21)18(23)17(13)22)11(12)6-8-19(15,20)2/h3,10-12,15,23-24H,1,4-9H2,2H3/t11-,12+,15-,19-,20-/m0/s1. The maximum Gasteiger partial charge on any atom is 0.153 e. The first-order valence-corrected chi connectivity index (χ1v) is 9.63. The largest absolute Gasteiger partial charge is 0.505 e. The minimum absolute atomic E-state index is 0.0121. The Morgan fingerprint density at radius 3 is 2.71 bits per heavy atom. The highest BCUT2D eigenvalue weighted by atomic mass is 35.5. The molecule has 2 N–H and O–H groups in total. The number of benzene rings is 1. The van der Waals surface area contributed by atoms with Crippen molar-refractivity contribution in [3.63, 3.8) is 0 Å². The zero-order valence-corrected chi connectivity index (χ0v) is 15.5. The first kappa shape index (κ1) is 16.8. The number of halogens is 2. The van der Waals surface area contributed by atoms with E-state index in [9.17, 15) is 10.2 Å². The number of phenols is 1. The number of hydrogen-bond acceptors (Lipinski definition) is 2. The molecule has 2 fully saturated rings. The van der Waals surface area contributed by atoms with E-state index in [1.807, 2.05) is 6.07 Å². The highest BCUT2D eigenvalue weighted by Crippen LogP contribution is 2.65. The van der Waals surface area contributed by atoms with Crippen LogP contribution in [0.5, 0.6) is 5.75 Å². The number of rotatable bonds is 1. The second-order valence-electron chi connectivity index (χ2n) is 8.13. The first-order chi connectivity index (χ1) is 11.3. The summed E-state index contributed by atoms with van der Waals surface area (Å²) in [6, 6.07) is 1.92. The SMILES string of the molecule is C=C[C@]1(O)CC[C@H]2[C@@H]3CCc4c(cc(Cl)c(O)c4Cl)[C@H]3CC[C@@]21C. The Hall–Kier alpha value is -0.700. The van der Waals surface area contributed by atoms with Crippen molar-refractivity contribution in [2.45, 2.75) is 57.0 Å². The van der Waals surface area contributed by atoms with Gasteiger partial charge in [-0.1, -0.05) is 36.2 Å². The number of fused-ring (bicyclic) bond motifs is 5. The quantitative estimate of drug-likeness (QED) is 0.646. The smallest absolute Gasteiger partial charge is 0.153 e. The van der Waals surface area contributed by atoms with Gasteiger partial charge in [0, 0.05) is 5.41 Å². The second-order valence-corrected chi connectivity index (χ2v) is 8.91. The lowest BCUT2D eigenvalue weighted by Crippen LogP contribution is -2.49. The van der Waals surface area contributed by atoms with E-state index in [1.54, 1.807) is 6.08 Å². The van der Waals surface area contributed by atoms with E-state index < -0.39 is 5.60 Å². The minimum Gasteiger partial charge on any atom is -0.505 e. The molecular weight excluding hydrogens is 343 g/mol. The normalized spacial score (nSPS) is 40.6. The molecule has 130 valence electrons. The fourth-order valence-corrected chi connectivity index (χ4v) is 6.59. The van der Waals surface area contributed by atoms with Gasteiger partial charge in [-0.25, -0.2) is 0 Å². The van der Waals surface area contributed by atoms with Crippen LogP contribution >= 0.6 is 23.2 Å². The minimum atomic E-state index is -0.743. The summed E-state index contributed by atoms with van der Waals surface area (Å²) in [4.78, 5) is 0. The molecule has 0 radical (unpaired) electrons. The van der Waals surface area contributed by atoms with Gasteiger partial charge in [0.1, 0.15) is 0 Å². The summed E-state index contributed by atoms with van der Waals surface area (Å²) in [6.07, 6.45) is 7.58. The van der Waals surface area contributed by atoms with Crippen LogP contribution in [0, 0.1) is 17.3 Å². The maximum atomic E-state index is 11.1. The van der Waals surface area contributed by atoms with Gasteiger partial charge >= 0.3 is 0 Å². The monoisotopic (exact) mass is 366 g/mol. The predicted octanol–water partition coefficient (Wildman–Crippen LogP) is 5.47. The molecule has 4 rings (SSSR count). The third-order valence-electron chi connectivity index (χ3n) is 7.45. The summed E-state index contributed by atoms with van der Waals surface area (Å²) in [5.74, 6) is 1.48. The summed E-state index contributed by atoms with van der Waals surface area (Å²) in [5.41, 5.74) is 1.46. The van der Waals surface area contributed by atoms with Crippen LogP contribution in [0.2, 0.25) is 10.0 Å². The van der Waals surface area contributed by atoms with Crippen molar-refractivity contribution >= 4 is 23.2 Å². The number of hydrogen-bond donors (Lipinski definition) is 2. The van der Waals surface area contributed by atoms with Crippen molar-refractivity contribution in [3.05, 3.63) is 39.9 Å². The molecule has 0 aromatic heterocycles. The van der Waals surface area contributed by atoms with Crippen LogP contribution in [0.25, 0.3) is 0 Å². The molecule has 0 amide bonds. The van der Waals surface area contributed by atoms with E-state index in [0.29, 0.717) is 27.8 Å². The summed E-state index contributed by atoms with van der Waals surface area (Å²) >= 11 is 12.6.